The van der Waals surface area contributed by atoms with Gasteiger partial charge in [0.15, 0.2) is 0 Å². The molecule has 136 valence electrons. The Morgan fingerprint density at radius 2 is 2.08 bits per heavy atom. The Hall–Kier alpha value is -1.22. The summed E-state index contributed by atoms with van der Waals surface area (Å²) < 4.78 is 35.1. The van der Waals surface area contributed by atoms with Gasteiger partial charge in [-0.05, 0) is 24.3 Å². The molecule has 0 N–H and O–H groups in total. The average Bonchev–Trinajstić information content (AvgIpc) is 3.26. The molecule has 4 heterocycles. The molecule has 1 atom stereocenters. The number of sulfonamides is 1. The molecule has 0 aliphatic carbocycles. The van der Waals surface area contributed by atoms with Crippen LogP contribution in [0, 0.1) is 5.41 Å². The molecule has 0 spiro atoms. The van der Waals surface area contributed by atoms with Crippen molar-refractivity contribution in [1.29, 1.82) is 0 Å². The van der Waals surface area contributed by atoms with Gasteiger partial charge in [0.2, 0.25) is 10.0 Å². The molecular formula is C17H23N3O3S2. The van der Waals surface area contributed by atoms with Gasteiger partial charge in [0.05, 0.1) is 18.3 Å². The van der Waals surface area contributed by atoms with Gasteiger partial charge in [-0.1, -0.05) is 19.9 Å². The van der Waals surface area contributed by atoms with E-state index in [1.807, 2.05) is 17.5 Å². The minimum absolute atomic E-state index is 0.0609. The lowest BCUT2D eigenvalue weighted by Crippen LogP contribution is -2.57. The Bertz CT molecular complexity index is 836. The van der Waals surface area contributed by atoms with Crippen LogP contribution < -0.4 is 0 Å². The topological polar surface area (TPSA) is 64.4 Å². The van der Waals surface area contributed by atoms with E-state index >= 15 is 0 Å². The predicted molar refractivity (Wildman–Crippen MR) is 96.0 cm³/mol. The Labute approximate surface area is 152 Å². The van der Waals surface area contributed by atoms with Crippen LogP contribution in [0.25, 0.3) is 0 Å². The molecule has 25 heavy (non-hydrogen) atoms. The molecule has 0 aromatic carbocycles. The third-order valence-corrected chi connectivity index (χ3v) is 7.84. The molecule has 2 aromatic rings. The van der Waals surface area contributed by atoms with Gasteiger partial charge in [-0.2, -0.15) is 9.40 Å². The number of hydrogen-bond acceptors (Lipinski definition) is 5. The van der Waals surface area contributed by atoms with E-state index in [9.17, 15) is 8.42 Å². The first-order valence-electron chi connectivity index (χ1n) is 8.57. The van der Waals surface area contributed by atoms with Crippen LogP contribution >= 0.6 is 11.3 Å². The molecule has 2 aliphatic rings. The summed E-state index contributed by atoms with van der Waals surface area (Å²) in [4.78, 5) is 1.38. The van der Waals surface area contributed by atoms with Gasteiger partial charge in [-0.25, -0.2) is 8.42 Å². The molecule has 0 radical (unpaired) electrons. The number of hydrogen-bond donors (Lipinski definition) is 0. The minimum Gasteiger partial charge on any atom is -0.381 e. The molecule has 6 nitrogen and oxygen atoms in total. The van der Waals surface area contributed by atoms with Crippen molar-refractivity contribution in [2.75, 3.05) is 19.8 Å². The van der Waals surface area contributed by atoms with Gasteiger partial charge in [-0.3, -0.25) is 4.68 Å². The van der Waals surface area contributed by atoms with Crippen molar-refractivity contribution in [2.45, 2.75) is 43.7 Å². The van der Waals surface area contributed by atoms with Crippen molar-refractivity contribution < 1.29 is 13.2 Å². The number of rotatable bonds is 4. The number of nitrogens with zero attached hydrogens (tertiary/aromatic N) is 3. The van der Waals surface area contributed by atoms with Crippen LogP contribution in [-0.4, -0.2) is 42.3 Å². The first-order valence-corrected chi connectivity index (χ1v) is 10.9. The van der Waals surface area contributed by atoms with Gasteiger partial charge in [0, 0.05) is 36.2 Å². The molecule has 2 aromatic heterocycles. The van der Waals surface area contributed by atoms with Crippen LogP contribution in [-0.2, 0) is 14.8 Å². The minimum atomic E-state index is -3.54. The van der Waals surface area contributed by atoms with Crippen molar-refractivity contribution in [2.24, 2.45) is 5.41 Å². The first-order chi connectivity index (χ1) is 11.9. The van der Waals surface area contributed by atoms with Gasteiger partial charge < -0.3 is 4.74 Å². The molecule has 0 saturated carbocycles. The SMILES string of the molecule is CC1(C)CN(S(=O)(=O)c2cnn(C3CCOCC3)c2)C1c1cccs1. The molecule has 4 rings (SSSR count). The van der Waals surface area contributed by atoms with E-state index in [0.29, 0.717) is 19.8 Å². The average molecular weight is 382 g/mol. The quantitative estimate of drug-likeness (QED) is 0.816. The molecule has 2 saturated heterocycles. The second kappa shape index (κ2) is 6.19. The fraction of sp³-hybridized carbons (Fsp3) is 0.588. The molecule has 0 amide bonds. The smallest absolute Gasteiger partial charge is 0.246 e. The molecular weight excluding hydrogens is 358 g/mol. The third kappa shape index (κ3) is 2.95. The molecule has 8 heteroatoms. The zero-order valence-electron chi connectivity index (χ0n) is 14.5. The van der Waals surface area contributed by atoms with E-state index in [1.165, 1.54) is 6.20 Å². The highest BCUT2D eigenvalue weighted by Gasteiger charge is 2.53. The highest BCUT2D eigenvalue weighted by atomic mass is 32.2. The Balaban J connectivity index is 1.60. The van der Waals surface area contributed by atoms with Gasteiger partial charge in [0.25, 0.3) is 0 Å². The van der Waals surface area contributed by atoms with Crippen LogP contribution in [0.1, 0.15) is 43.6 Å². The van der Waals surface area contributed by atoms with Crippen LogP contribution in [0.3, 0.4) is 0 Å². The van der Waals surface area contributed by atoms with Crippen LogP contribution in [0.15, 0.2) is 34.8 Å². The Morgan fingerprint density at radius 1 is 1.32 bits per heavy atom. The number of aromatic nitrogens is 2. The van der Waals surface area contributed by atoms with Crippen LogP contribution in [0.4, 0.5) is 0 Å². The second-order valence-electron chi connectivity index (χ2n) is 7.46. The maximum Gasteiger partial charge on any atom is 0.246 e. The summed E-state index contributed by atoms with van der Waals surface area (Å²) in [6, 6.07) is 4.11. The van der Waals surface area contributed by atoms with Crippen LogP contribution in [0.5, 0.6) is 0 Å². The fourth-order valence-corrected chi connectivity index (χ4v) is 6.78. The maximum atomic E-state index is 13.2. The van der Waals surface area contributed by atoms with Crippen molar-refractivity contribution >= 4 is 21.4 Å². The second-order valence-corrected chi connectivity index (χ2v) is 10.3. The lowest BCUT2D eigenvalue weighted by molar-refractivity contribution is 0.0222. The summed E-state index contributed by atoms with van der Waals surface area (Å²) in [6.07, 6.45) is 4.91. The molecule has 2 aliphatic heterocycles. The van der Waals surface area contributed by atoms with E-state index in [-0.39, 0.29) is 22.4 Å². The monoisotopic (exact) mass is 381 g/mol. The highest BCUT2D eigenvalue weighted by molar-refractivity contribution is 7.89. The zero-order valence-corrected chi connectivity index (χ0v) is 16.1. The van der Waals surface area contributed by atoms with E-state index in [2.05, 4.69) is 18.9 Å². The standard InChI is InChI=1S/C17H23N3O3S2/c1-17(2)12-20(16(17)15-4-3-9-24-15)25(21,22)14-10-18-19(11-14)13-5-7-23-8-6-13/h3-4,9-11,13,16H,5-8,12H2,1-2H3. The fourth-order valence-electron chi connectivity index (χ4n) is 3.79. The van der Waals surface area contributed by atoms with Gasteiger partial charge in [0.1, 0.15) is 4.90 Å². The first kappa shape index (κ1) is 17.2. The summed E-state index contributed by atoms with van der Waals surface area (Å²) in [5.74, 6) is 0. The Morgan fingerprint density at radius 3 is 2.72 bits per heavy atom. The summed E-state index contributed by atoms with van der Waals surface area (Å²) in [5, 5.41) is 6.33. The predicted octanol–water partition coefficient (Wildman–Crippen LogP) is 3.07. The lowest BCUT2D eigenvalue weighted by Gasteiger charge is -2.52. The Kier molecular flexibility index (Phi) is 4.26. The van der Waals surface area contributed by atoms with Gasteiger partial charge >= 0.3 is 0 Å². The molecule has 2 fully saturated rings. The largest absolute Gasteiger partial charge is 0.381 e. The zero-order chi connectivity index (χ0) is 17.7. The summed E-state index contributed by atoms with van der Waals surface area (Å²) in [7, 11) is -3.54. The normalized spacial score (nSPS) is 25.0. The van der Waals surface area contributed by atoms with Crippen molar-refractivity contribution in [1.82, 2.24) is 14.1 Å². The van der Waals surface area contributed by atoms with E-state index < -0.39 is 10.0 Å². The van der Waals surface area contributed by atoms with Gasteiger partial charge in [-0.15, -0.1) is 11.3 Å². The summed E-state index contributed by atoms with van der Waals surface area (Å²) in [5.41, 5.74) is -0.0609. The summed E-state index contributed by atoms with van der Waals surface area (Å²) >= 11 is 1.61. The van der Waals surface area contributed by atoms with E-state index in [4.69, 9.17) is 4.74 Å². The third-order valence-electron chi connectivity index (χ3n) is 5.15. The van der Waals surface area contributed by atoms with E-state index in [0.717, 1.165) is 17.7 Å². The summed E-state index contributed by atoms with van der Waals surface area (Å²) in [6.45, 7) is 6.17. The number of ether oxygens (including phenoxy) is 1. The van der Waals surface area contributed by atoms with Crippen LogP contribution in [0.2, 0.25) is 0 Å². The highest BCUT2D eigenvalue weighted by Crippen LogP contribution is 2.52. The van der Waals surface area contributed by atoms with Crippen molar-refractivity contribution in [3.8, 4) is 0 Å². The number of thiophene rings is 1. The maximum absolute atomic E-state index is 13.2. The molecule has 1 unspecified atom stereocenters. The van der Waals surface area contributed by atoms with Crippen molar-refractivity contribution in [3.63, 3.8) is 0 Å². The van der Waals surface area contributed by atoms with E-state index in [1.54, 1.807) is 26.5 Å². The lowest BCUT2D eigenvalue weighted by atomic mass is 9.76. The van der Waals surface area contributed by atoms with Crippen molar-refractivity contribution in [3.05, 3.63) is 34.8 Å². The molecule has 0 bridgehead atoms.